The van der Waals surface area contributed by atoms with Crippen molar-refractivity contribution in [3.8, 4) is 0 Å². The van der Waals surface area contributed by atoms with Gasteiger partial charge in [0.25, 0.3) is 0 Å². The van der Waals surface area contributed by atoms with Gasteiger partial charge in [0.1, 0.15) is 5.01 Å². The standard InChI is InChI=1S/C15H13F3N2OS/c16-15(17,18)10-3-1-2-9(6-10)11-7-12(11)14(21)20-8-13-19-4-5-22-13/h1-6,11-12H,7-8H2,(H,20,21)/t11-,12+/m0/s1. The van der Waals surface area contributed by atoms with Gasteiger partial charge in [0.2, 0.25) is 5.91 Å². The zero-order valence-corrected chi connectivity index (χ0v) is 12.2. The van der Waals surface area contributed by atoms with E-state index in [-0.39, 0.29) is 17.7 Å². The SMILES string of the molecule is O=C(NCc1nccs1)[C@@H]1C[C@H]1c1cccc(C(F)(F)F)c1. The average molecular weight is 326 g/mol. The van der Waals surface area contributed by atoms with Gasteiger partial charge in [-0.05, 0) is 24.0 Å². The van der Waals surface area contributed by atoms with Crippen LogP contribution in [0, 0.1) is 5.92 Å². The number of aromatic nitrogens is 1. The summed E-state index contributed by atoms with van der Waals surface area (Å²) in [5.41, 5.74) is -0.0944. The number of benzene rings is 1. The number of nitrogens with one attached hydrogen (secondary N) is 1. The van der Waals surface area contributed by atoms with Crippen LogP contribution in [-0.2, 0) is 17.5 Å². The number of alkyl halides is 3. The van der Waals surface area contributed by atoms with Crippen LogP contribution >= 0.6 is 11.3 Å². The number of hydrogen-bond donors (Lipinski definition) is 1. The summed E-state index contributed by atoms with van der Waals surface area (Å²) in [4.78, 5) is 16.1. The topological polar surface area (TPSA) is 42.0 Å². The fourth-order valence-corrected chi connectivity index (χ4v) is 2.99. The summed E-state index contributed by atoms with van der Waals surface area (Å²) in [5, 5.41) is 5.41. The highest BCUT2D eigenvalue weighted by atomic mass is 32.1. The molecule has 3 nitrogen and oxygen atoms in total. The molecule has 1 fully saturated rings. The number of rotatable bonds is 4. The van der Waals surface area contributed by atoms with Crippen LogP contribution in [0.2, 0.25) is 0 Å². The number of halogens is 3. The zero-order valence-electron chi connectivity index (χ0n) is 11.4. The maximum atomic E-state index is 12.7. The van der Waals surface area contributed by atoms with Gasteiger partial charge in [0, 0.05) is 17.5 Å². The Morgan fingerprint density at radius 2 is 2.23 bits per heavy atom. The Hall–Kier alpha value is -1.89. The Balaban J connectivity index is 1.61. The molecule has 0 aliphatic heterocycles. The molecule has 3 rings (SSSR count). The van der Waals surface area contributed by atoms with Crippen LogP contribution in [-0.4, -0.2) is 10.9 Å². The molecule has 1 aromatic carbocycles. The van der Waals surface area contributed by atoms with Crippen molar-refractivity contribution in [1.82, 2.24) is 10.3 Å². The first kappa shape index (κ1) is 15.0. The zero-order chi connectivity index (χ0) is 15.7. The third-order valence-corrected chi connectivity index (χ3v) is 4.45. The maximum absolute atomic E-state index is 12.7. The molecule has 1 amide bonds. The van der Waals surface area contributed by atoms with E-state index in [4.69, 9.17) is 0 Å². The summed E-state index contributed by atoms with van der Waals surface area (Å²) in [7, 11) is 0. The van der Waals surface area contributed by atoms with Gasteiger partial charge < -0.3 is 5.32 Å². The molecule has 0 bridgehead atoms. The van der Waals surface area contributed by atoms with Crippen LogP contribution in [0.4, 0.5) is 13.2 Å². The van der Waals surface area contributed by atoms with Crippen molar-refractivity contribution in [3.05, 3.63) is 52.0 Å². The first-order chi connectivity index (χ1) is 10.4. The highest BCUT2D eigenvalue weighted by Gasteiger charge is 2.44. The predicted molar refractivity (Wildman–Crippen MR) is 76.3 cm³/mol. The van der Waals surface area contributed by atoms with Crippen LogP contribution < -0.4 is 5.32 Å². The van der Waals surface area contributed by atoms with Crippen molar-refractivity contribution >= 4 is 17.2 Å². The molecule has 1 aliphatic carbocycles. The van der Waals surface area contributed by atoms with Crippen molar-refractivity contribution in [1.29, 1.82) is 0 Å². The normalized spacial score (nSPS) is 20.7. The lowest BCUT2D eigenvalue weighted by Gasteiger charge is -2.08. The van der Waals surface area contributed by atoms with E-state index in [0.717, 1.165) is 17.1 Å². The predicted octanol–water partition coefficient (Wildman–Crippen LogP) is 3.58. The summed E-state index contributed by atoms with van der Waals surface area (Å²) in [6, 6.07) is 5.22. The molecular weight excluding hydrogens is 313 g/mol. The van der Waals surface area contributed by atoms with Crippen molar-refractivity contribution in [3.63, 3.8) is 0 Å². The van der Waals surface area contributed by atoms with E-state index < -0.39 is 11.7 Å². The summed E-state index contributed by atoms with van der Waals surface area (Å²) in [6.07, 6.45) is -2.10. The molecule has 1 N–H and O–H groups in total. The first-order valence-electron chi connectivity index (χ1n) is 6.78. The Labute approximate surface area is 129 Å². The molecule has 2 atom stereocenters. The Bertz CT molecular complexity index is 670. The quantitative estimate of drug-likeness (QED) is 0.933. The molecule has 1 saturated carbocycles. The van der Waals surface area contributed by atoms with E-state index in [1.807, 2.05) is 5.38 Å². The van der Waals surface area contributed by atoms with Gasteiger partial charge in [-0.25, -0.2) is 4.98 Å². The minimum atomic E-state index is -4.35. The van der Waals surface area contributed by atoms with Crippen molar-refractivity contribution < 1.29 is 18.0 Å². The molecule has 1 aliphatic rings. The second-order valence-electron chi connectivity index (χ2n) is 5.22. The average Bonchev–Trinajstić information content (AvgIpc) is 3.12. The molecule has 2 aromatic rings. The van der Waals surface area contributed by atoms with E-state index in [9.17, 15) is 18.0 Å². The van der Waals surface area contributed by atoms with Crippen LogP contribution in [0.1, 0.15) is 28.5 Å². The fourth-order valence-electron chi connectivity index (χ4n) is 2.43. The Kier molecular flexibility index (Phi) is 3.90. The third-order valence-electron chi connectivity index (χ3n) is 3.67. The van der Waals surface area contributed by atoms with Gasteiger partial charge in [-0.15, -0.1) is 11.3 Å². The Morgan fingerprint density at radius 3 is 2.91 bits per heavy atom. The highest BCUT2D eigenvalue weighted by Crippen LogP contribution is 2.48. The lowest BCUT2D eigenvalue weighted by Crippen LogP contribution is -2.24. The van der Waals surface area contributed by atoms with E-state index in [2.05, 4.69) is 10.3 Å². The molecule has 1 heterocycles. The van der Waals surface area contributed by atoms with Crippen molar-refractivity contribution in [2.24, 2.45) is 5.92 Å². The first-order valence-corrected chi connectivity index (χ1v) is 7.66. The second-order valence-corrected chi connectivity index (χ2v) is 6.19. The molecule has 1 aromatic heterocycles. The number of amides is 1. The number of nitrogens with zero attached hydrogens (tertiary/aromatic N) is 1. The fraction of sp³-hybridized carbons (Fsp3) is 0.333. The van der Waals surface area contributed by atoms with Gasteiger partial charge in [-0.2, -0.15) is 13.2 Å². The van der Waals surface area contributed by atoms with Gasteiger partial charge in [-0.3, -0.25) is 4.79 Å². The monoisotopic (exact) mass is 326 g/mol. The van der Waals surface area contributed by atoms with Crippen LogP contribution in [0.5, 0.6) is 0 Å². The van der Waals surface area contributed by atoms with Crippen molar-refractivity contribution in [2.75, 3.05) is 0 Å². The van der Waals surface area contributed by atoms with E-state index >= 15 is 0 Å². The lowest BCUT2D eigenvalue weighted by molar-refractivity contribution is -0.137. The molecule has 0 saturated heterocycles. The van der Waals surface area contributed by atoms with Gasteiger partial charge in [-0.1, -0.05) is 18.2 Å². The van der Waals surface area contributed by atoms with Gasteiger partial charge in [0.05, 0.1) is 12.1 Å². The minimum absolute atomic E-state index is 0.126. The summed E-state index contributed by atoms with van der Waals surface area (Å²) < 4.78 is 38.1. The minimum Gasteiger partial charge on any atom is -0.349 e. The molecular formula is C15H13F3N2OS. The van der Waals surface area contributed by atoms with Gasteiger partial charge >= 0.3 is 6.18 Å². The molecule has 0 spiro atoms. The number of carbonyl (C=O) groups is 1. The Morgan fingerprint density at radius 1 is 1.41 bits per heavy atom. The summed E-state index contributed by atoms with van der Waals surface area (Å²) in [6.45, 7) is 0.363. The lowest BCUT2D eigenvalue weighted by atomic mass is 10.1. The second kappa shape index (κ2) is 5.72. The van der Waals surface area contributed by atoms with Crippen LogP contribution in [0.25, 0.3) is 0 Å². The van der Waals surface area contributed by atoms with Crippen LogP contribution in [0.3, 0.4) is 0 Å². The van der Waals surface area contributed by atoms with E-state index in [0.29, 0.717) is 18.5 Å². The van der Waals surface area contributed by atoms with Gasteiger partial charge in [0.15, 0.2) is 0 Å². The summed E-state index contributed by atoms with van der Waals surface area (Å²) in [5.74, 6) is -0.500. The van der Waals surface area contributed by atoms with E-state index in [1.54, 1.807) is 12.3 Å². The molecule has 116 valence electrons. The van der Waals surface area contributed by atoms with Crippen molar-refractivity contribution in [2.45, 2.75) is 25.1 Å². The molecule has 7 heteroatoms. The third kappa shape index (κ3) is 3.30. The number of hydrogen-bond acceptors (Lipinski definition) is 3. The highest BCUT2D eigenvalue weighted by molar-refractivity contribution is 7.09. The van der Waals surface area contributed by atoms with Crippen LogP contribution in [0.15, 0.2) is 35.8 Å². The molecule has 0 unspecified atom stereocenters. The molecule has 22 heavy (non-hydrogen) atoms. The largest absolute Gasteiger partial charge is 0.416 e. The molecule has 0 radical (unpaired) electrons. The smallest absolute Gasteiger partial charge is 0.349 e. The summed E-state index contributed by atoms with van der Waals surface area (Å²) >= 11 is 1.45. The number of carbonyl (C=O) groups excluding carboxylic acids is 1. The van der Waals surface area contributed by atoms with E-state index in [1.165, 1.54) is 17.4 Å². The number of thiazole rings is 1. The maximum Gasteiger partial charge on any atom is 0.416 e.